The van der Waals surface area contributed by atoms with Gasteiger partial charge in [0.1, 0.15) is 5.75 Å². The van der Waals surface area contributed by atoms with E-state index in [2.05, 4.69) is 37.9 Å². The second-order valence-corrected chi connectivity index (χ2v) is 4.30. The minimum Gasteiger partial charge on any atom is -0.477 e. The lowest BCUT2D eigenvalue weighted by molar-refractivity contribution is 0.329. The third-order valence-electron chi connectivity index (χ3n) is 1.69. The van der Waals surface area contributed by atoms with Gasteiger partial charge < -0.3 is 4.74 Å². The molecule has 3 heteroatoms. The van der Waals surface area contributed by atoms with Crippen molar-refractivity contribution in [2.45, 2.75) is 9.84 Å². The Hall–Kier alpha value is -0.0200. The average molecular weight is 278 g/mol. The largest absolute Gasteiger partial charge is 0.477 e. The molecule has 0 saturated carbocycles. The molecule has 1 aromatic carbocycles. The molecule has 1 aliphatic heterocycles. The molecule has 0 aliphatic carbocycles. The van der Waals surface area contributed by atoms with Crippen molar-refractivity contribution in [3.8, 4) is 5.75 Å². The number of alkyl halides is 2. The fourth-order valence-corrected chi connectivity index (χ4v) is 2.11. The second kappa shape index (κ2) is 2.79. The summed E-state index contributed by atoms with van der Waals surface area (Å²) < 4.78 is 5.49. The molecular weight excluding hydrogens is 272 g/mol. The smallest absolute Gasteiger partial charge is 0.169 e. The summed E-state index contributed by atoms with van der Waals surface area (Å²) in [4.78, 5) is 0.277. The van der Waals surface area contributed by atoms with E-state index in [1.54, 1.807) is 0 Å². The van der Waals surface area contributed by atoms with Crippen LogP contribution in [0.15, 0.2) is 24.3 Å². The number of fused-ring (bicyclic) bond motifs is 1. The Balaban J connectivity index is 2.47. The van der Waals surface area contributed by atoms with Crippen LogP contribution in [0.3, 0.4) is 0 Å². The van der Waals surface area contributed by atoms with E-state index in [4.69, 9.17) is 4.74 Å². The van der Waals surface area contributed by atoms with Crippen LogP contribution >= 0.6 is 31.9 Å². The lowest BCUT2D eigenvalue weighted by Crippen LogP contribution is -2.03. The Morgan fingerprint density at radius 2 is 1.91 bits per heavy atom. The first-order valence-electron chi connectivity index (χ1n) is 3.33. The maximum atomic E-state index is 5.49. The first-order valence-corrected chi connectivity index (χ1v) is 5.16. The van der Waals surface area contributed by atoms with E-state index < -0.39 is 0 Å². The number of benzene rings is 1. The quantitative estimate of drug-likeness (QED) is 0.662. The fourth-order valence-electron chi connectivity index (χ4n) is 1.14. The standard InChI is InChI=1S/C8H6Br2O/c9-7-5-3-1-2-4-6(5)11-8(7)10/h1-4,7-8H/t7-,8-/m1/s1. The maximum Gasteiger partial charge on any atom is 0.169 e. The minimum atomic E-state index is 0.0694. The van der Waals surface area contributed by atoms with Crippen LogP contribution in [0.1, 0.15) is 10.4 Å². The lowest BCUT2D eigenvalue weighted by atomic mass is 10.2. The molecule has 0 bridgehead atoms. The van der Waals surface area contributed by atoms with Crippen LogP contribution in [0.5, 0.6) is 5.75 Å². The van der Waals surface area contributed by atoms with Crippen LogP contribution in [-0.4, -0.2) is 5.01 Å². The monoisotopic (exact) mass is 276 g/mol. The Kier molecular flexibility index (Phi) is 1.93. The van der Waals surface area contributed by atoms with Gasteiger partial charge in [-0.15, -0.1) is 0 Å². The zero-order valence-corrected chi connectivity index (χ0v) is 8.80. The summed E-state index contributed by atoms with van der Waals surface area (Å²) >= 11 is 6.95. The number of para-hydroxylation sites is 1. The normalized spacial score (nSPS) is 27.8. The molecule has 1 aromatic rings. The molecule has 1 nitrogen and oxygen atoms in total. The summed E-state index contributed by atoms with van der Waals surface area (Å²) in [6.45, 7) is 0. The van der Waals surface area contributed by atoms with E-state index in [1.165, 1.54) is 5.56 Å². The van der Waals surface area contributed by atoms with Crippen molar-refractivity contribution in [1.82, 2.24) is 0 Å². The molecule has 0 radical (unpaired) electrons. The van der Waals surface area contributed by atoms with Crippen molar-refractivity contribution in [3.63, 3.8) is 0 Å². The van der Waals surface area contributed by atoms with Gasteiger partial charge in [0.25, 0.3) is 0 Å². The van der Waals surface area contributed by atoms with Crippen LogP contribution in [-0.2, 0) is 0 Å². The predicted octanol–water partition coefficient (Wildman–Crippen LogP) is 3.24. The van der Waals surface area contributed by atoms with Gasteiger partial charge in [0.2, 0.25) is 0 Å². The number of ether oxygens (including phenoxy) is 1. The van der Waals surface area contributed by atoms with Gasteiger partial charge >= 0.3 is 0 Å². The highest BCUT2D eigenvalue weighted by molar-refractivity contribution is 9.12. The van der Waals surface area contributed by atoms with E-state index in [0.717, 1.165) is 5.75 Å². The summed E-state index contributed by atoms with van der Waals surface area (Å²) in [5.74, 6) is 0.969. The molecule has 2 rings (SSSR count). The lowest BCUT2D eigenvalue weighted by Gasteiger charge is -2.03. The highest BCUT2D eigenvalue weighted by Crippen LogP contribution is 2.43. The Morgan fingerprint density at radius 1 is 1.18 bits per heavy atom. The zero-order valence-electron chi connectivity index (χ0n) is 5.63. The van der Waals surface area contributed by atoms with Crippen molar-refractivity contribution in [2.24, 2.45) is 0 Å². The highest BCUT2D eigenvalue weighted by atomic mass is 79.9. The minimum absolute atomic E-state index is 0.0694. The molecule has 0 amide bonds. The summed E-state index contributed by atoms with van der Waals surface area (Å²) in [6, 6.07) is 8.03. The van der Waals surface area contributed by atoms with Gasteiger partial charge in [0, 0.05) is 5.56 Å². The summed E-state index contributed by atoms with van der Waals surface area (Å²) in [5.41, 5.74) is 1.22. The summed E-state index contributed by atoms with van der Waals surface area (Å²) in [5, 5.41) is 0.0694. The van der Waals surface area contributed by atoms with Gasteiger partial charge in [-0.3, -0.25) is 0 Å². The van der Waals surface area contributed by atoms with Crippen LogP contribution in [0, 0.1) is 0 Å². The molecule has 58 valence electrons. The molecule has 2 atom stereocenters. The zero-order chi connectivity index (χ0) is 7.84. The van der Waals surface area contributed by atoms with Gasteiger partial charge in [0.15, 0.2) is 5.01 Å². The van der Waals surface area contributed by atoms with Crippen LogP contribution in [0.25, 0.3) is 0 Å². The fraction of sp³-hybridized carbons (Fsp3) is 0.250. The number of halogens is 2. The average Bonchev–Trinajstić information content (AvgIpc) is 2.30. The third-order valence-corrected chi connectivity index (χ3v) is 4.08. The number of rotatable bonds is 0. The molecule has 0 spiro atoms. The molecular formula is C8H6Br2O. The molecule has 0 aromatic heterocycles. The SMILES string of the molecule is Br[C@@H]1Oc2ccccc2[C@H]1Br. The van der Waals surface area contributed by atoms with Crippen molar-refractivity contribution in [3.05, 3.63) is 29.8 Å². The second-order valence-electron chi connectivity index (χ2n) is 2.41. The van der Waals surface area contributed by atoms with E-state index in [-0.39, 0.29) is 9.84 Å². The van der Waals surface area contributed by atoms with Gasteiger partial charge in [-0.25, -0.2) is 0 Å². The Morgan fingerprint density at radius 3 is 2.64 bits per heavy atom. The molecule has 0 fully saturated rings. The highest BCUT2D eigenvalue weighted by Gasteiger charge is 2.29. The summed E-state index contributed by atoms with van der Waals surface area (Å²) in [6.07, 6.45) is 0. The van der Waals surface area contributed by atoms with Crippen molar-refractivity contribution in [1.29, 1.82) is 0 Å². The topological polar surface area (TPSA) is 9.23 Å². The molecule has 1 heterocycles. The first kappa shape index (κ1) is 7.62. The molecule has 0 unspecified atom stereocenters. The summed E-state index contributed by atoms with van der Waals surface area (Å²) in [7, 11) is 0. The van der Waals surface area contributed by atoms with Gasteiger partial charge in [-0.1, -0.05) is 34.1 Å². The Labute approximate surface area is 82.0 Å². The van der Waals surface area contributed by atoms with Crippen LogP contribution in [0.2, 0.25) is 0 Å². The van der Waals surface area contributed by atoms with Crippen molar-refractivity contribution in [2.75, 3.05) is 0 Å². The van der Waals surface area contributed by atoms with Gasteiger partial charge in [-0.05, 0) is 22.0 Å². The number of hydrogen-bond acceptors (Lipinski definition) is 1. The molecule has 0 saturated heterocycles. The van der Waals surface area contributed by atoms with E-state index in [1.807, 2.05) is 18.2 Å². The maximum absolute atomic E-state index is 5.49. The molecule has 11 heavy (non-hydrogen) atoms. The molecule has 0 N–H and O–H groups in total. The van der Waals surface area contributed by atoms with Crippen LogP contribution in [0.4, 0.5) is 0 Å². The third kappa shape index (κ3) is 1.20. The molecule has 1 aliphatic rings. The van der Waals surface area contributed by atoms with Crippen molar-refractivity contribution < 1.29 is 4.74 Å². The van der Waals surface area contributed by atoms with Crippen molar-refractivity contribution >= 4 is 31.9 Å². The van der Waals surface area contributed by atoms with Gasteiger partial charge in [-0.2, -0.15) is 0 Å². The number of hydrogen-bond donors (Lipinski definition) is 0. The van der Waals surface area contributed by atoms with E-state index >= 15 is 0 Å². The van der Waals surface area contributed by atoms with E-state index in [0.29, 0.717) is 0 Å². The van der Waals surface area contributed by atoms with Crippen LogP contribution < -0.4 is 4.74 Å². The predicted molar refractivity (Wildman–Crippen MR) is 51.5 cm³/mol. The van der Waals surface area contributed by atoms with E-state index in [9.17, 15) is 0 Å². The Bertz CT molecular complexity index is 275. The first-order chi connectivity index (χ1) is 5.29. The van der Waals surface area contributed by atoms with Gasteiger partial charge in [0.05, 0.1) is 4.83 Å².